The van der Waals surface area contributed by atoms with E-state index in [0.29, 0.717) is 11.3 Å². The van der Waals surface area contributed by atoms with Crippen molar-refractivity contribution in [2.24, 2.45) is 0 Å². The van der Waals surface area contributed by atoms with E-state index in [0.717, 1.165) is 34.6 Å². The molecule has 1 aliphatic heterocycles. The SMILES string of the molecule is CC1CCCCN1C(=O)c1cccnc1-c1nc2ccccc2s1. The summed E-state index contributed by atoms with van der Waals surface area (Å²) in [6.45, 7) is 2.96. The van der Waals surface area contributed by atoms with Crippen LogP contribution in [0, 0.1) is 0 Å². The van der Waals surface area contributed by atoms with E-state index >= 15 is 0 Å². The molecule has 1 amide bonds. The van der Waals surface area contributed by atoms with E-state index in [4.69, 9.17) is 0 Å². The summed E-state index contributed by atoms with van der Waals surface area (Å²) in [5.41, 5.74) is 2.31. The fourth-order valence-electron chi connectivity index (χ4n) is 3.28. The maximum absolute atomic E-state index is 13.1. The van der Waals surface area contributed by atoms with Gasteiger partial charge in [0, 0.05) is 18.8 Å². The van der Waals surface area contributed by atoms with Crippen molar-refractivity contribution in [1.82, 2.24) is 14.9 Å². The normalized spacial score (nSPS) is 18.0. The van der Waals surface area contributed by atoms with Gasteiger partial charge in [0.15, 0.2) is 0 Å². The van der Waals surface area contributed by atoms with E-state index in [1.165, 1.54) is 6.42 Å². The summed E-state index contributed by atoms with van der Waals surface area (Å²) >= 11 is 1.59. The molecule has 4 nitrogen and oxygen atoms in total. The summed E-state index contributed by atoms with van der Waals surface area (Å²) in [6.07, 6.45) is 5.08. The number of para-hydroxylation sites is 1. The molecule has 0 radical (unpaired) electrons. The van der Waals surface area contributed by atoms with Crippen LogP contribution in [0.1, 0.15) is 36.5 Å². The van der Waals surface area contributed by atoms with Crippen molar-refractivity contribution in [3.05, 3.63) is 48.2 Å². The minimum Gasteiger partial charge on any atom is -0.336 e. The Kier molecular flexibility index (Phi) is 4.02. The minimum atomic E-state index is 0.0737. The standard InChI is InChI=1S/C19H19N3OS/c1-13-7-4-5-12-22(13)19(23)14-8-6-11-20-17(14)18-21-15-9-2-3-10-16(15)24-18/h2-3,6,8-11,13H,4-5,7,12H2,1H3. The number of pyridine rings is 1. The van der Waals surface area contributed by atoms with Gasteiger partial charge in [0.05, 0.1) is 15.8 Å². The zero-order chi connectivity index (χ0) is 16.5. The molecule has 1 atom stereocenters. The van der Waals surface area contributed by atoms with Crippen LogP contribution >= 0.6 is 11.3 Å². The lowest BCUT2D eigenvalue weighted by molar-refractivity contribution is 0.0636. The number of piperidine rings is 1. The number of hydrogen-bond acceptors (Lipinski definition) is 4. The van der Waals surface area contributed by atoms with Crippen LogP contribution in [-0.2, 0) is 0 Å². The molecule has 3 heterocycles. The Balaban J connectivity index is 1.76. The molecule has 0 aliphatic carbocycles. The summed E-state index contributed by atoms with van der Waals surface area (Å²) in [7, 11) is 0. The zero-order valence-electron chi connectivity index (χ0n) is 13.6. The maximum Gasteiger partial charge on any atom is 0.256 e. The molecule has 0 spiro atoms. The minimum absolute atomic E-state index is 0.0737. The topological polar surface area (TPSA) is 46.1 Å². The quantitative estimate of drug-likeness (QED) is 0.697. The van der Waals surface area contributed by atoms with E-state index in [-0.39, 0.29) is 11.9 Å². The molecule has 1 unspecified atom stereocenters. The number of carbonyl (C=O) groups is 1. The van der Waals surface area contributed by atoms with Gasteiger partial charge >= 0.3 is 0 Å². The molecule has 1 aromatic carbocycles. The van der Waals surface area contributed by atoms with Gasteiger partial charge in [-0.25, -0.2) is 4.98 Å². The molecule has 24 heavy (non-hydrogen) atoms. The number of amides is 1. The van der Waals surface area contributed by atoms with Gasteiger partial charge < -0.3 is 4.90 Å². The first-order valence-corrected chi connectivity index (χ1v) is 9.17. The highest BCUT2D eigenvalue weighted by Gasteiger charge is 2.27. The van der Waals surface area contributed by atoms with Crippen LogP contribution in [0.5, 0.6) is 0 Å². The largest absolute Gasteiger partial charge is 0.336 e. The Morgan fingerprint density at radius 1 is 1.21 bits per heavy atom. The van der Waals surface area contributed by atoms with Crippen LogP contribution in [0.15, 0.2) is 42.6 Å². The molecule has 1 fully saturated rings. The number of hydrogen-bond donors (Lipinski definition) is 0. The van der Waals surface area contributed by atoms with Gasteiger partial charge in [-0.05, 0) is 50.5 Å². The highest BCUT2D eigenvalue weighted by molar-refractivity contribution is 7.21. The Hall–Kier alpha value is -2.27. The second kappa shape index (κ2) is 6.32. The van der Waals surface area contributed by atoms with Gasteiger partial charge in [-0.1, -0.05) is 12.1 Å². The molecule has 2 aromatic heterocycles. The number of nitrogens with zero attached hydrogens (tertiary/aromatic N) is 3. The van der Waals surface area contributed by atoms with Crippen molar-refractivity contribution in [2.75, 3.05) is 6.54 Å². The first kappa shape index (κ1) is 15.3. The molecule has 0 bridgehead atoms. The molecular formula is C19H19N3OS. The Labute approximate surface area is 145 Å². The fraction of sp³-hybridized carbons (Fsp3) is 0.316. The third kappa shape index (κ3) is 2.69. The number of rotatable bonds is 2. The third-order valence-electron chi connectivity index (χ3n) is 4.60. The predicted molar refractivity (Wildman–Crippen MR) is 97.2 cm³/mol. The molecule has 1 aliphatic rings. The van der Waals surface area contributed by atoms with Crippen molar-refractivity contribution in [1.29, 1.82) is 0 Å². The first-order chi connectivity index (χ1) is 11.7. The predicted octanol–water partition coefficient (Wildman–Crippen LogP) is 4.37. The molecule has 4 rings (SSSR count). The van der Waals surface area contributed by atoms with Crippen LogP contribution in [0.2, 0.25) is 0 Å². The summed E-state index contributed by atoms with van der Waals surface area (Å²) in [6, 6.07) is 12.0. The van der Waals surface area contributed by atoms with Crippen LogP contribution in [0.25, 0.3) is 20.9 Å². The second-order valence-electron chi connectivity index (χ2n) is 6.23. The molecule has 122 valence electrons. The van der Waals surface area contributed by atoms with Crippen LogP contribution in [-0.4, -0.2) is 33.4 Å². The molecule has 5 heteroatoms. The van der Waals surface area contributed by atoms with Gasteiger partial charge in [0.2, 0.25) is 0 Å². The number of aromatic nitrogens is 2. The fourth-order valence-corrected chi connectivity index (χ4v) is 4.25. The van der Waals surface area contributed by atoms with Crippen LogP contribution in [0.3, 0.4) is 0 Å². The third-order valence-corrected chi connectivity index (χ3v) is 5.64. The van der Waals surface area contributed by atoms with Gasteiger partial charge in [0.25, 0.3) is 5.91 Å². The van der Waals surface area contributed by atoms with E-state index in [1.807, 2.05) is 41.3 Å². The lowest BCUT2D eigenvalue weighted by Crippen LogP contribution is -2.42. The summed E-state index contributed by atoms with van der Waals surface area (Å²) in [5, 5.41) is 0.810. The van der Waals surface area contributed by atoms with Crippen LogP contribution < -0.4 is 0 Å². The number of benzene rings is 1. The van der Waals surface area contributed by atoms with Gasteiger partial charge in [0.1, 0.15) is 10.7 Å². The summed E-state index contributed by atoms with van der Waals surface area (Å²) in [4.78, 5) is 24.2. The number of carbonyl (C=O) groups excluding carboxylic acids is 1. The van der Waals surface area contributed by atoms with Crippen molar-refractivity contribution < 1.29 is 4.79 Å². The van der Waals surface area contributed by atoms with E-state index in [9.17, 15) is 4.79 Å². The molecular weight excluding hydrogens is 318 g/mol. The monoisotopic (exact) mass is 337 g/mol. The number of thiazole rings is 1. The van der Waals surface area contributed by atoms with Gasteiger partial charge in [-0.2, -0.15) is 0 Å². The molecule has 1 saturated heterocycles. The smallest absolute Gasteiger partial charge is 0.256 e. The van der Waals surface area contributed by atoms with E-state index < -0.39 is 0 Å². The second-order valence-corrected chi connectivity index (χ2v) is 7.26. The Morgan fingerprint density at radius 3 is 2.92 bits per heavy atom. The highest BCUT2D eigenvalue weighted by Crippen LogP contribution is 2.31. The molecule has 0 N–H and O–H groups in total. The Morgan fingerprint density at radius 2 is 2.08 bits per heavy atom. The van der Waals surface area contributed by atoms with E-state index in [1.54, 1.807) is 17.5 Å². The average molecular weight is 337 g/mol. The number of fused-ring (bicyclic) bond motifs is 1. The van der Waals surface area contributed by atoms with Crippen molar-refractivity contribution >= 4 is 27.5 Å². The summed E-state index contributed by atoms with van der Waals surface area (Å²) in [5.74, 6) is 0.0737. The van der Waals surface area contributed by atoms with E-state index in [2.05, 4.69) is 16.9 Å². The van der Waals surface area contributed by atoms with Gasteiger partial charge in [-0.3, -0.25) is 9.78 Å². The zero-order valence-corrected chi connectivity index (χ0v) is 14.4. The summed E-state index contributed by atoms with van der Waals surface area (Å²) < 4.78 is 1.11. The highest BCUT2D eigenvalue weighted by atomic mass is 32.1. The van der Waals surface area contributed by atoms with Crippen molar-refractivity contribution in [3.63, 3.8) is 0 Å². The first-order valence-electron chi connectivity index (χ1n) is 8.36. The Bertz CT molecular complexity index is 856. The lowest BCUT2D eigenvalue weighted by atomic mass is 10.0. The van der Waals surface area contributed by atoms with Crippen LogP contribution in [0.4, 0.5) is 0 Å². The molecule has 0 saturated carbocycles. The lowest BCUT2D eigenvalue weighted by Gasteiger charge is -2.33. The molecule has 3 aromatic rings. The number of likely N-dealkylation sites (tertiary alicyclic amines) is 1. The maximum atomic E-state index is 13.1. The van der Waals surface area contributed by atoms with Crippen molar-refractivity contribution in [3.8, 4) is 10.7 Å². The van der Waals surface area contributed by atoms with Crippen molar-refractivity contribution in [2.45, 2.75) is 32.2 Å². The average Bonchev–Trinajstić information content (AvgIpc) is 3.05. The van der Waals surface area contributed by atoms with Gasteiger partial charge in [-0.15, -0.1) is 11.3 Å².